The molecule has 0 saturated carbocycles. The first-order valence-electron chi connectivity index (χ1n) is 6.66. The third kappa shape index (κ3) is 2.91. The molecule has 1 heterocycles. The minimum absolute atomic E-state index is 0.0774. The Labute approximate surface area is 136 Å². The number of aromatic hydroxyl groups is 1. The highest BCUT2D eigenvalue weighted by Crippen LogP contribution is 2.36. The van der Waals surface area contributed by atoms with E-state index in [4.69, 9.17) is 0 Å². The van der Waals surface area contributed by atoms with E-state index in [-0.39, 0.29) is 10.8 Å². The lowest BCUT2D eigenvalue weighted by Gasteiger charge is -2.12. The van der Waals surface area contributed by atoms with E-state index in [1.807, 2.05) is 24.3 Å². The zero-order chi connectivity index (χ0) is 15.5. The summed E-state index contributed by atoms with van der Waals surface area (Å²) >= 11 is 2.72. The Morgan fingerprint density at radius 3 is 2.95 bits per heavy atom. The van der Waals surface area contributed by atoms with Gasteiger partial charge in [0, 0.05) is 11.3 Å². The lowest BCUT2D eigenvalue weighted by atomic mass is 9.91. The standard InChI is InChI=1S/C17H13NO2S2/c1-2-9-21-17-18-14(16(20)22-17)10-13-12-6-4-3-5-11(12)7-8-15(13)19/h2-8,10,20H,1,9H2/b13-10+. The van der Waals surface area contributed by atoms with Crippen molar-refractivity contribution in [3.05, 3.63) is 59.8 Å². The minimum Gasteiger partial charge on any atom is -0.498 e. The molecule has 0 aliphatic heterocycles. The Morgan fingerprint density at radius 2 is 2.14 bits per heavy atom. The van der Waals surface area contributed by atoms with Crippen LogP contribution in [0.4, 0.5) is 0 Å². The van der Waals surface area contributed by atoms with E-state index in [0.29, 0.717) is 11.3 Å². The van der Waals surface area contributed by atoms with Gasteiger partial charge in [0.2, 0.25) is 0 Å². The lowest BCUT2D eigenvalue weighted by Crippen LogP contribution is -2.04. The van der Waals surface area contributed by atoms with Crippen molar-refractivity contribution in [2.75, 3.05) is 5.75 Å². The van der Waals surface area contributed by atoms with Crippen LogP contribution in [0.5, 0.6) is 5.06 Å². The van der Waals surface area contributed by atoms with Crippen molar-refractivity contribution in [3.63, 3.8) is 0 Å². The van der Waals surface area contributed by atoms with Gasteiger partial charge in [-0.3, -0.25) is 4.79 Å². The van der Waals surface area contributed by atoms with Crippen LogP contribution in [-0.4, -0.2) is 21.6 Å². The number of allylic oxidation sites excluding steroid dienone is 2. The van der Waals surface area contributed by atoms with E-state index < -0.39 is 0 Å². The molecule has 5 heteroatoms. The molecular weight excluding hydrogens is 314 g/mol. The van der Waals surface area contributed by atoms with Crippen molar-refractivity contribution in [2.24, 2.45) is 0 Å². The van der Waals surface area contributed by atoms with Gasteiger partial charge in [-0.05, 0) is 23.3 Å². The monoisotopic (exact) mass is 327 g/mol. The molecule has 0 fully saturated rings. The van der Waals surface area contributed by atoms with Crippen LogP contribution in [-0.2, 0) is 4.79 Å². The lowest BCUT2D eigenvalue weighted by molar-refractivity contribution is -0.109. The largest absolute Gasteiger partial charge is 0.498 e. The number of hydrogen-bond acceptors (Lipinski definition) is 5. The van der Waals surface area contributed by atoms with Crippen molar-refractivity contribution < 1.29 is 9.90 Å². The maximum Gasteiger partial charge on any atom is 0.200 e. The second kappa shape index (κ2) is 6.34. The maximum atomic E-state index is 12.2. The predicted octanol–water partition coefficient (Wildman–Crippen LogP) is 4.26. The third-order valence-electron chi connectivity index (χ3n) is 3.15. The Hall–Kier alpha value is -2.11. The SMILES string of the molecule is C=CCSc1nc(/C=C2/C(=O)C=Cc3ccccc32)c(O)s1. The molecule has 0 amide bonds. The fraction of sp³-hybridized carbons (Fsp3) is 0.0588. The molecule has 2 aromatic rings. The number of rotatable bonds is 4. The summed E-state index contributed by atoms with van der Waals surface area (Å²) in [4.78, 5) is 16.6. The first-order chi connectivity index (χ1) is 10.7. The Morgan fingerprint density at radius 1 is 1.32 bits per heavy atom. The summed E-state index contributed by atoms with van der Waals surface area (Å²) in [5.41, 5.74) is 2.84. The summed E-state index contributed by atoms with van der Waals surface area (Å²) in [6, 6.07) is 7.68. The number of carbonyl (C=O) groups is 1. The molecule has 3 rings (SSSR count). The van der Waals surface area contributed by atoms with Crippen LogP contribution in [0.1, 0.15) is 16.8 Å². The van der Waals surface area contributed by atoms with Gasteiger partial charge in [0.1, 0.15) is 5.69 Å². The molecule has 0 atom stereocenters. The fourth-order valence-electron chi connectivity index (χ4n) is 2.15. The first kappa shape index (κ1) is 14.8. The van der Waals surface area contributed by atoms with E-state index in [1.54, 1.807) is 24.3 Å². The Bertz CT molecular complexity index is 803. The molecule has 1 aromatic carbocycles. The molecular formula is C17H13NO2S2. The molecule has 1 aromatic heterocycles. The summed E-state index contributed by atoms with van der Waals surface area (Å²) < 4.78 is 0.760. The van der Waals surface area contributed by atoms with Crippen LogP contribution in [0, 0.1) is 0 Å². The molecule has 0 saturated heterocycles. The fourth-order valence-corrected chi connectivity index (χ4v) is 3.77. The van der Waals surface area contributed by atoms with E-state index in [9.17, 15) is 9.90 Å². The average Bonchev–Trinajstić information content (AvgIpc) is 2.88. The summed E-state index contributed by atoms with van der Waals surface area (Å²) in [7, 11) is 0. The number of aromatic nitrogens is 1. The Kier molecular flexibility index (Phi) is 4.27. The average molecular weight is 327 g/mol. The second-order valence-electron chi connectivity index (χ2n) is 4.61. The summed E-state index contributed by atoms with van der Waals surface area (Å²) in [5.74, 6) is 0.652. The summed E-state index contributed by atoms with van der Waals surface area (Å²) in [5, 5.41) is 10.2. The molecule has 1 aliphatic rings. The predicted molar refractivity (Wildman–Crippen MR) is 93.1 cm³/mol. The number of hydrogen-bond donors (Lipinski definition) is 1. The van der Waals surface area contributed by atoms with E-state index in [1.165, 1.54) is 23.1 Å². The van der Waals surface area contributed by atoms with E-state index in [2.05, 4.69) is 11.6 Å². The Balaban J connectivity index is 2.01. The van der Waals surface area contributed by atoms with Crippen molar-refractivity contribution in [1.82, 2.24) is 4.98 Å². The van der Waals surface area contributed by atoms with Crippen LogP contribution in [0.2, 0.25) is 0 Å². The van der Waals surface area contributed by atoms with E-state index >= 15 is 0 Å². The van der Waals surface area contributed by atoms with Crippen LogP contribution in [0.3, 0.4) is 0 Å². The van der Waals surface area contributed by atoms with Gasteiger partial charge in [-0.1, -0.05) is 59.5 Å². The van der Waals surface area contributed by atoms with Gasteiger partial charge in [-0.25, -0.2) is 4.98 Å². The zero-order valence-electron chi connectivity index (χ0n) is 11.7. The molecule has 0 spiro atoms. The highest BCUT2D eigenvalue weighted by molar-refractivity contribution is 8.01. The van der Waals surface area contributed by atoms with Crippen molar-refractivity contribution >= 4 is 46.6 Å². The first-order valence-corrected chi connectivity index (χ1v) is 8.46. The number of ketones is 1. The normalized spacial score (nSPS) is 15.1. The van der Waals surface area contributed by atoms with Crippen LogP contribution >= 0.6 is 23.1 Å². The van der Waals surface area contributed by atoms with Gasteiger partial charge >= 0.3 is 0 Å². The highest BCUT2D eigenvalue weighted by atomic mass is 32.2. The smallest absolute Gasteiger partial charge is 0.200 e. The van der Waals surface area contributed by atoms with Crippen molar-refractivity contribution in [1.29, 1.82) is 0 Å². The van der Waals surface area contributed by atoms with Crippen LogP contribution in [0.15, 0.2) is 47.3 Å². The topological polar surface area (TPSA) is 50.2 Å². The zero-order valence-corrected chi connectivity index (χ0v) is 13.3. The summed E-state index contributed by atoms with van der Waals surface area (Å²) in [6.07, 6.45) is 6.80. The van der Waals surface area contributed by atoms with Crippen molar-refractivity contribution in [3.8, 4) is 5.06 Å². The number of fused-ring (bicyclic) bond motifs is 1. The quantitative estimate of drug-likeness (QED) is 0.518. The van der Waals surface area contributed by atoms with Gasteiger partial charge in [0.15, 0.2) is 15.2 Å². The number of carbonyl (C=O) groups excluding carboxylic acids is 1. The van der Waals surface area contributed by atoms with Gasteiger partial charge in [0.05, 0.1) is 0 Å². The molecule has 3 nitrogen and oxygen atoms in total. The third-order valence-corrected chi connectivity index (χ3v) is 5.16. The van der Waals surface area contributed by atoms with Gasteiger partial charge in [-0.15, -0.1) is 6.58 Å². The summed E-state index contributed by atoms with van der Waals surface area (Å²) in [6.45, 7) is 3.66. The second-order valence-corrected chi connectivity index (χ2v) is 6.86. The number of thioether (sulfide) groups is 1. The maximum absolute atomic E-state index is 12.2. The number of nitrogens with zero attached hydrogens (tertiary/aromatic N) is 1. The van der Waals surface area contributed by atoms with Gasteiger partial charge in [0.25, 0.3) is 0 Å². The van der Waals surface area contributed by atoms with Crippen molar-refractivity contribution in [2.45, 2.75) is 4.34 Å². The van der Waals surface area contributed by atoms with Crippen LogP contribution in [0.25, 0.3) is 17.7 Å². The number of thiazole rings is 1. The van der Waals surface area contributed by atoms with Gasteiger partial charge in [-0.2, -0.15) is 0 Å². The highest BCUT2D eigenvalue weighted by Gasteiger charge is 2.18. The number of benzene rings is 1. The molecule has 22 heavy (non-hydrogen) atoms. The molecule has 0 radical (unpaired) electrons. The van der Waals surface area contributed by atoms with E-state index in [0.717, 1.165) is 21.2 Å². The van der Waals surface area contributed by atoms with Gasteiger partial charge < -0.3 is 5.11 Å². The molecule has 0 bridgehead atoms. The van der Waals surface area contributed by atoms with Crippen LogP contribution < -0.4 is 0 Å². The molecule has 1 N–H and O–H groups in total. The molecule has 1 aliphatic carbocycles. The minimum atomic E-state index is -0.0774. The molecule has 0 unspecified atom stereocenters. The molecule has 110 valence electrons.